The number of aliphatic hydroxyl groups is 1. The highest BCUT2D eigenvalue weighted by atomic mass is 32.2. The first-order valence-electron chi connectivity index (χ1n) is 6.30. The minimum Gasteiger partial charge on any atom is -0.394 e. The Morgan fingerprint density at radius 3 is 1.90 bits per heavy atom. The third-order valence-corrected chi connectivity index (χ3v) is 2.95. The lowest BCUT2D eigenvalue weighted by Crippen LogP contribution is -2.09. The molecule has 0 aliphatic heterocycles. The van der Waals surface area contributed by atoms with Crippen LogP contribution in [0.1, 0.15) is 0 Å². The summed E-state index contributed by atoms with van der Waals surface area (Å²) in [6, 6.07) is 7.42. The van der Waals surface area contributed by atoms with Gasteiger partial charge in [-0.2, -0.15) is 8.42 Å². The molecule has 0 radical (unpaired) electrons. The van der Waals surface area contributed by atoms with Crippen LogP contribution in [0.15, 0.2) is 35.2 Å². The van der Waals surface area contributed by atoms with Gasteiger partial charge in [-0.25, -0.2) is 0 Å². The Bertz CT molecular complexity index is 425. The number of ether oxygens (including phenoxy) is 3. The molecule has 21 heavy (non-hydrogen) atoms. The Balaban J connectivity index is 0.000000382. The second kappa shape index (κ2) is 12.7. The van der Waals surface area contributed by atoms with Crippen LogP contribution in [-0.2, 0) is 24.3 Å². The van der Waals surface area contributed by atoms with Gasteiger partial charge < -0.3 is 19.3 Å². The average molecular weight is 322 g/mol. The summed E-state index contributed by atoms with van der Waals surface area (Å²) >= 11 is 0. The van der Waals surface area contributed by atoms with E-state index in [0.29, 0.717) is 33.0 Å². The van der Waals surface area contributed by atoms with Crippen molar-refractivity contribution in [3.8, 4) is 0 Å². The van der Waals surface area contributed by atoms with E-state index in [1.807, 2.05) is 0 Å². The molecule has 0 amide bonds. The minimum absolute atomic E-state index is 0.0675. The summed E-state index contributed by atoms with van der Waals surface area (Å²) in [5, 5.41) is 8.32. The second-order valence-electron chi connectivity index (χ2n) is 3.73. The van der Waals surface area contributed by atoms with Gasteiger partial charge in [0.25, 0.3) is 10.1 Å². The van der Waals surface area contributed by atoms with Crippen molar-refractivity contribution in [2.24, 2.45) is 0 Å². The number of methoxy groups -OCH3 is 1. The van der Waals surface area contributed by atoms with Crippen LogP contribution in [0.4, 0.5) is 0 Å². The predicted molar refractivity (Wildman–Crippen MR) is 76.9 cm³/mol. The summed E-state index contributed by atoms with van der Waals surface area (Å²) in [5.41, 5.74) is 0. The molecule has 0 atom stereocenters. The smallest absolute Gasteiger partial charge is 0.294 e. The zero-order chi connectivity index (χ0) is 16.0. The molecule has 7 nitrogen and oxygen atoms in total. The SMILES string of the molecule is COCCOCCOCCO.O=S(=O)(O)c1ccccc1. The van der Waals surface area contributed by atoms with E-state index in [-0.39, 0.29) is 11.5 Å². The lowest BCUT2D eigenvalue weighted by atomic mass is 10.4. The van der Waals surface area contributed by atoms with Crippen molar-refractivity contribution in [2.75, 3.05) is 46.8 Å². The molecule has 2 N–H and O–H groups in total. The molecule has 0 aliphatic rings. The fraction of sp³-hybridized carbons (Fsp3) is 0.538. The van der Waals surface area contributed by atoms with Crippen LogP contribution in [-0.4, -0.2) is 64.8 Å². The van der Waals surface area contributed by atoms with Gasteiger partial charge in [0.05, 0.1) is 44.5 Å². The topological polar surface area (TPSA) is 102 Å². The van der Waals surface area contributed by atoms with E-state index >= 15 is 0 Å². The van der Waals surface area contributed by atoms with Crippen LogP contribution >= 0.6 is 0 Å². The van der Waals surface area contributed by atoms with E-state index in [1.54, 1.807) is 25.3 Å². The number of hydrogen-bond acceptors (Lipinski definition) is 6. The highest BCUT2D eigenvalue weighted by Gasteiger charge is 2.05. The number of benzene rings is 1. The van der Waals surface area contributed by atoms with Gasteiger partial charge >= 0.3 is 0 Å². The maximum Gasteiger partial charge on any atom is 0.294 e. The fourth-order valence-corrected chi connectivity index (χ4v) is 1.62. The molecule has 8 heteroatoms. The summed E-state index contributed by atoms with van der Waals surface area (Å²) in [6.07, 6.45) is 0. The molecule has 1 aromatic carbocycles. The Morgan fingerprint density at radius 1 is 0.952 bits per heavy atom. The number of aliphatic hydroxyl groups excluding tert-OH is 1. The summed E-state index contributed by atoms with van der Waals surface area (Å²) in [6.45, 7) is 2.75. The molecule has 0 spiro atoms. The maximum atomic E-state index is 10.4. The van der Waals surface area contributed by atoms with E-state index in [1.165, 1.54) is 12.1 Å². The summed E-state index contributed by atoms with van der Waals surface area (Å²) in [5.74, 6) is 0. The Labute approximate surface area is 125 Å². The predicted octanol–water partition coefficient (Wildman–Crippen LogP) is 0.592. The molecule has 0 saturated carbocycles. The molecule has 0 heterocycles. The van der Waals surface area contributed by atoms with E-state index in [2.05, 4.69) is 0 Å². The molecular weight excluding hydrogens is 300 g/mol. The first-order valence-corrected chi connectivity index (χ1v) is 7.74. The van der Waals surface area contributed by atoms with Crippen molar-refractivity contribution < 1.29 is 32.3 Å². The molecule has 1 rings (SSSR count). The van der Waals surface area contributed by atoms with E-state index in [0.717, 1.165) is 0 Å². The van der Waals surface area contributed by atoms with Gasteiger partial charge in [0.2, 0.25) is 0 Å². The fourth-order valence-electron chi connectivity index (χ4n) is 1.12. The second-order valence-corrected chi connectivity index (χ2v) is 5.15. The van der Waals surface area contributed by atoms with Crippen LogP contribution in [0.3, 0.4) is 0 Å². The Kier molecular flexibility index (Phi) is 12.1. The van der Waals surface area contributed by atoms with Crippen molar-refractivity contribution in [1.82, 2.24) is 0 Å². The Hall–Kier alpha value is -1.03. The van der Waals surface area contributed by atoms with Crippen LogP contribution in [0.25, 0.3) is 0 Å². The van der Waals surface area contributed by atoms with Crippen LogP contribution < -0.4 is 0 Å². The van der Waals surface area contributed by atoms with Crippen LogP contribution in [0.5, 0.6) is 0 Å². The van der Waals surface area contributed by atoms with Crippen molar-refractivity contribution in [1.29, 1.82) is 0 Å². The van der Waals surface area contributed by atoms with Crippen molar-refractivity contribution >= 4 is 10.1 Å². The van der Waals surface area contributed by atoms with E-state index < -0.39 is 10.1 Å². The monoisotopic (exact) mass is 322 g/mol. The standard InChI is InChI=1S/C7H16O4.C6H6O3S/c1-9-4-5-11-7-6-10-3-2-8;7-10(8,9)6-4-2-1-3-5-6/h8H,2-7H2,1H3;1-5H,(H,7,8,9). The van der Waals surface area contributed by atoms with Gasteiger partial charge in [-0.05, 0) is 12.1 Å². The van der Waals surface area contributed by atoms with E-state index in [9.17, 15) is 8.42 Å². The molecule has 0 fully saturated rings. The van der Waals surface area contributed by atoms with Crippen molar-refractivity contribution in [2.45, 2.75) is 4.90 Å². The Morgan fingerprint density at radius 2 is 1.48 bits per heavy atom. The number of hydrogen-bond donors (Lipinski definition) is 2. The van der Waals surface area contributed by atoms with Gasteiger partial charge in [0.1, 0.15) is 0 Å². The van der Waals surface area contributed by atoms with E-state index in [4.69, 9.17) is 23.9 Å². The maximum absolute atomic E-state index is 10.4. The first kappa shape index (κ1) is 20.0. The first-order chi connectivity index (χ1) is 10.0. The van der Waals surface area contributed by atoms with Gasteiger partial charge in [-0.15, -0.1) is 0 Å². The van der Waals surface area contributed by atoms with Gasteiger partial charge in [-0.3, -0.25) is 4.55 Å². The highest BCUT2D eigenvalue weighted by molar-refractivity contribution is 7.85. The normalized spacial score (nSPS) is 10.8. The highest BCUT2D eigenvalue weighted by Crippen LogP contribution is 2.05. The quantitative estimate of drug-likeness (QED) is 0.507. The molecule has 0 unspecified atom stereocenters. The molecule has 0 aliphatic carbocycles. The molecule has 0 aromatic heterocycles. The lowest BCUT2D eigenvalue weighted by molar-refractivity contribution is 0.0159. The zero-order valence-electron chi connectivity index (χ0n) is 12.0. The summed E-state index contributed by atoms with van der Waals surface area (Å²) in [7, 11) is -2.37. The summed E-state index contributed by atoms with van der Waals surface area (Å²) in [4.78, 5) is -0.0741. The van der Waals surface area contributed by atoms with Crippen molar-refractivity contribution in [3.05, 3.63) is 30.3 Å². The third-order valence-electron chi connectivity index (χ3n) is 2.08. The largest absolute Gasteiger partial charge is 0.394 e. The number of rotatable bonds is 9. The minimum atomic E-state index is -4.00. The third kappa shape index (κ3) is 12.4. The molecule has 122 valence electrons. The van der Waals surface area contributed by atoms with Gasteiger partial charge in [0, 0.05) is 7.11 Å². The van der Waals surface area contributed by atoms with Gasteiger partial charge in [0.15, 0.2) is 0 Å². The van der Waals surface area contributed by atoms with Gasteiger partial charge in [-0.1, -0.05) is 18.2 Å². The summed E-state index contributed by atoms with van der Waals surface area (Å²) < 4.78 is 44.0. The van der Waals surface area contributed by atoms with Crippen molar-refractivity contribution in [3.63, 3.8) is 0 Å². The average Bonchev–Trinajstić information content (AvgIpc) is 2.47. The molecular formula is C13H22O7S. The van der Waals surface area contributed by atoms with Crippen LogP contribution in [0.2, 0.25) is 0 Å². The lowest BCUT2D eigenvalue weighted by Gasteiger charge is -2.03. The molecule has 0 saturated heterocycles. The zero-order valence-corrected chi connectivity index (χ0v) is 12.8. The molecule has 0 bridgehead atoms. The molecule has 1 aromatic rings. The van der Waals surface area contributed by atoms with Crippen LogP contribution in [0, 0.1) is 0 Å².